The standard InChI is InChI=1S/C14H21N/c1-11-8-9-14(10-11)15-12(2)13-6-4-3-5-7-13/h3-7,11-12,14-15H,8-10H2,1-2H3/t11?,12-,14?/m0/s1. The summed E-state index contributed by atoms with van der Waals surface area (Å²) in [5.41, 5.74) is 1.40. The van der Waals surface area contributed by atoms with E-state index >= 15 is 0 Å². The molecule has 1 aromatic rings. The molecule has 3 atom stereocenters. The Morgan fingerprint density at radius 3 is 2.53 bits per heavy atom. The summed E-state index contributed by atoms with van der Waals surface area (Å²) in [7, 11) is 0. The van der Waals surface area contributed by atoms with Crippen molar-refractivity contribution < 1.29 is 0 Å². The Labute approximate surface area is 92.9 Å². The van der Waals surface area contributed by atoms with Crippen LogP contribution in [0.1, 0.15) is 44.7 Å². The van der Waals surface area contributed by atoms with Crippen LogP contribution in [0.5, 0.6) is 0 Å². The molecule has 1 aliphatic carbocycles. The summed E-state index contributed by atoms with van der Waals surface area (Å²) in [6.07, 6.45) is 4.08. The van der Waals surface area contributed by atoms with E-state index in [0.29, 0.717) is 6.04 Å². The number of rotatable bonds is 3. The fraction of sp³-hybridized carbons (Fsp3) is 0.571. The van der Waals surface area contributed by atoms with Gasteiger partial charge < -0.3 is 5.32 Å². The molecule has 1 aromatic carbocycles. The van der Waals surface area contributed by atoms with Gasteiger partial charge in [-0.05, 0) is 37.7 Å². The molecule has 1 fully saturated rings. The van der Waals surface area contributed by atoms with Gasteiger partial charge in [-0.3, -0.25) is 0 Å². The molecule has 1 nitrogen and oxygen atoms in total. The largest absolute Gasteiger partial charge is 0.307 e. The molecule has 0 bridgehead atoms. The summed E-state index contributed by atoms with van der Waals surface area (Å²) in [6, 6.07) is 11.9. The lowest BCUT2D eigenvalue weighted by molar-refractivity contribution is 0.449. The first kappa shape index (κ1) is 10.7. The van der Waals surface area contributed by atoms with Gasteiger partial charge in [-0.2, -0.15) is 0 Å². The Balaban J connectivity index is 1.90. The SMILES string of the molecule is CC1CCC(N[C@@H](C)c2ccccc2)C1. The minimum Gasteiger partial charge on any atom is -0.307 e. The monoisotopic (exact) mass is 203 g/mol. The lowest BCUT2D eigenvalue weighted by atomic mass is 10.1. The minimum atomic E-state index is 0.487. The van der Waals surface area contributed by atoms with Crippen LogP contribution in [-0.4, -0.2) is 6.04 Å². The van der Waals surface area contributed by atoms with Crippen LogP contribution < -0.4 is 5.32 Å². The maximum absolute atomic E-state index is 3.73. The van der Waals surface area contributed by atoms with Crippen LogP contribution in [0.2, 0.25) is 0 Å². The molecule has 0 aliphatic heterocycles. The van der Waals surface area contributed by atoms with Gasteiger partial charge in [0.25, 0.3) is 0 Å². The highest BCUT2D eigenvalue weighted by atomic mass is 14.9. The van der Waals surface area contributed by atoms with E-state index in [4.69, 9.17) is 0 Å². The van der Waals surface area contributed by atoms with Gasteiger partial charge in [0.1, 0.15) is 0 Å². The number of hydrogen-bond donors (Lipinski definition) is 1. The maximum atomic E-state index is 3.73. The first-order valence-electron chi connectivity index (χ1n) is 6.06. The zero-order chi connectivity index (χ0) is 10.7. The molecule has 0 aromatic heterocycles. The number of hydrogen-bond acceptors (Lipinski definition) is 1. The van der Waals surface area contributed by atoms with E-state index in [0.717, 1.165) is 12.0 Å². The fourth-order valence-electron chi connectivity index (χ4n) is 2.55. The Bertz CT molecular complexity index is 293. The van der Waals surface area contributed by atoms with Crippen LogP contribution >= 0.6 is 0 Å². The van der Waals surface area contributed by atoms with Crippen molar-refractivity contribution in [3.05, 3.63) is 35.9 Å². The molecule has 0 heterocycles. The fourth-order valence-corrected chi connectivity index (χ4v) is 2.55. The van der Waals surface area contributed by atoms with E-state index in [1.807, 2.05) is 0 Å². The van der Waals surface area contributed by atoms with Crippen LogP contribution in [-0.2, 0) is 0 Å². The summed E-state index contributed by atoms with van der Waals surface area (Å²) in [4.78, 5) is 0. The molecule has 2 unspecified atom stereocenters. The van der Waals surface area contributed by atoms with E-state index in [-0.39, 0.29) is 0 Å². The highest BCUT2D eigenvalue weighted by Gasteiger charge is 2.22. The second kappa shape index (κ2) is 4.80. The lowest BCUT2D eigenvalue weighted by Gasteiger charge is -2.19. The molecule has 1 N–H and O–H groups in total. The molecule has 0 radical (unpaired) electrons. The molecule has 15 heavy (non-hydrogen) atoms. The van der Waals surface area contributed by atoms with Crippen LogP contribution in [0.15, 0.2) is 30.3 Å². The number of nitrogens with one attached hydrogen (secondary N) is 1. The van der Waals surface area contributed by atoms with Gasteiger partial charge in [-0.25, -0.2) is 0 Å². The van der Waals surface area contributed by atoms with Crippen LogP contribution in [0.4, 0.5) is 0 Å². The van der Waals surface area contributed by atoms with E-state index in [1.165, 1.54) is 24.8 Å². The van der Waals surface area contributed by atoms with Crippen molar-refractivity contribution in [3.63, 3.8) is 0 Å². The molecule has 82 valence electrons. The lowest BCUT2D eigenvalue weighted by Crippen LogP contribution is -2.29. The zero-order valence-electron chi connectivity index (χ0n) is 9.74. The first-order valence-corrected chi connectivity index (χ1v) is 6.06. The molecular formula is C14H21N. The second-order valence-corrected chi connectivity index (χ2v) is 4.91. The van der Waals surface area contributed by atoms with E-state index < -0.39 is 0 Å². The quantitative estimate of drug-likeness (QED) is 0.792. The van der Waals surface area contributed by atoms with Crippen molar-refractivity contribution in [2.24, 2.45) is 5.92 Å². The molecular weight excluding hydrogens is 182 g/mol. The van der Waals surface area contributed by atoms with Crippen LogP contribution in [0, 0.1) is 5.92 Å². The Hall–Kier alpha value is -0.820. The number of benzene rings is 1. The Morgan fingerprint density at radius 2 is 1.93 bits per heavy atom. The summed E-state index contributed by atoms with van der Waals surface area (Å²) in [5.74, 6) is 0.908. The molecule has 0 spiro atoms. The third kappa shape index (κ3) is 2.82. The van der Waals surface area contributed by atoms with Gasteiger partial charge in [-0.15, -0.1) is 0 Å². The predicted molar refractivity (Wildman–Crippen MR) is 64.8 cm³/mol. The first-order chi connectivity index (χ1) is 7.25. The summed E-state index contributed by atoms with van der Waals surface area (Å²) < 4.78 is 0. The van der Waals surface area contributed by atoms with E-state index in [1.54, 1.807) is 0 Å². The van der Waals surface area contributed by atoms with Gasteiger partial charge in [0.05, 0.1) is 0 Å². The summed E-state index contributed by atoms with van der Waals surface area (Å²) in [6.45, 7) is 4.62. The predicted octanol–water partition coefficient (Wildman–Crippen LogP) is 3.53. The minimum absolute atomic E-state index is 0.487. The third-order valence-electron chi connectivity index (χ3n) is 3.48. The summed E-state index contributed by atoms with van der Waals surface area (Å²) in [5, 5.41) is 3.73. The van der Waals surface area contributed by atoms with E-state index in [9.17, 15) is 0 Å². The average molecular weight is 203 g/mol. The highest BCUT2D eigenvalue weighted by molar-refractivity contribution is 5.18. The molecule has 2 rings (SSSR count). The van der Waals surface area contributed by atoms with Crippen molar-refractivity contribution in [1.82, 2.24) is 5.32 Å². The smallest absolute Gasteiger partial charge is 0.0294 e. The molecule has 1 aliphatic rings. The topological polar surface area (TPSA) is 12.0 Å². The van der Waals surface area contributed by atoms with Crippen molar-refractivity contribution in [3.8, 4) is 0 Å². The molecule has 1 heteroatoms. The Kier molecular flexibility index (Phi) is 3.42. The average Bonchev–Trinajstić information content (AvgIpc) is 2.65. The Morgan fingerprint density at radius 1 is 1.20 bits per heavy atom. The van der Waals surface area contributed by atoms with Gasteiger partial charge in [0.2, 0.25) is 0 Å². The van der Waals surface area contributed by atoms with Gasteiger partial charge in [-0.1, -0.05) is 37.3 Å². The maximum Gasteiger partial charge on any atom is 0.0294 e. The highest BCUT2D eigenvalue weighted by Crippen LogP contribution is 2.26. The third-order valence-corrected chi connectivity index (χ3v) is 3.48. The van der Waals surface area contributed by atoms with Crippen molar-refractivity contribution in [1.29, 1.82) is 0 Å². The van der Waals surface area contributed by atoms with Crippen molar-refractivity contribution in [2.75, 3.05) is 0 Å². The molecule has 0 saturated heterocycles. The second-order valence-electron chi connectivity index (χ2n) is 4.91. The van der Waals surface area contributed by atoms with Gasteiger partial charge >= 0.3 is 0 Å². The van der Waals surface area contributed by atoms with Crippen LogP contribution in [0.3, 0.4) is 0 Å². The van der Waals surface area contributed by atoms with E-state index in [2.05, 4.69) is 49.5 Å². The molecule has 1 saturated carbocycles. The van der Waals surface area contributed by atoms with Crippen LogP contribution in [0.25, 0.3) is 0 Å². The summed E-state index contributed by atoms with van der Waals surface area (Å²) >= 11 is 0. The van der Waals surface area contributed by atoms with Gasteiger partial charge in [0.15, 0.2) is 0 Å². The normalized spacial score (nSPS) is 27.9. The zero-order valence-corrected chi connectivity index (χ0v) is 9.74. The van der Waals surface area contributed by atoms with Crippen molar-refractivity contribution >= 4 is 0 Å². The van der Waals surface area contributed by atoms with Crippen molar-refractivity contribution in [2.45, 2.75) is 45.2 Å². The van der Waals surface area contributed by atoms with Gasteiger partial charge in [0, 0.05) is 12.1 Å². The molecule has 0 amide bonds.